The fourth-order valence-electron chi connectivity index (χ4n) is 2.70. The molecule has 25 heavy (non-hydrogen) atoms. The molecule has 6 nitrogen and oxygen atoms in total. The lowest BCUT2D eigenvalue weighted by molar-refractivity contribution is 0.0299. The highest BCUT2D eigenvalue weighted by Gasteiger charge is 2.20. The predicted octanol–water partition coefficient (Wildman–Crippen LogP) is 1.79. The van der Waals surface area contributed by atoms with Gasteiger partial charge in [-0.25, -0.2) is 4.98 Å². The molecule has 0 atom stereocenters. The van der Waals surface area contributed by atoms with E-state index in [0.717, 1.165) is 11.1 Å². The number of hydrogen-bond donors (Lipinski definition) is 1. The molecule has 1 N–H and O–H groups in total. The third kappa shape index (κ3) is 4.42. The van der Waals surface area contributed by atoms with Gasteiger partial charge in [0.05, 0.1) is 13.2 Å². The molecule has 1 aromatic heterocycles. The van der Waals surface area contributed by atoms with Crippen LogP contribution in [0.1, 0.15) is 32.1 Å². The van der Waals surface area contributed by atoms with Crippen LogP contribution >= 0.6 is 0 Å². The molecule has 0 unspecified atom stereocenters. The minimum atomic E-state index is -0.293. The zero-order chi connectivity index (χ0) is 17.6. The molecule has 6 heteroatoms. The molecule has 0 bridgehead atoms. The molecule has 2 heterocycles. The van der Waals surface area contributed by atoms with Crippen molar-refractivity contribution in [1.29, 1.82) is 0 Å². The highest BCUT2D eigenvalue weighted by Crippen LogP contribution is 2.08. The van der Waals surface area contributed by atoms with Gasteiger partial charge in [0, 0.05) is 19.6 Å². The second-order valence-corrected chi connectivity index (χ2v) is 5.98. The van der Waals surface area contributed by atoms with Crippen molar-refractivity contribution in [1.82, 2.24) is 15.2 Å². The van der Waals surface area contributed by atoms with Gasteiger partial charge in [-0.3, -0.25) is 9.59 Å². The second kappa shape index (κ2) is 7.90. The number of pyridine rings is 1. The van der Waals surface area contributed by atoms with Gasteiger partial charge in [0.1, 0.15) is 11.4 Å². The monoisotopic (exact) mass is 339 g/mol. The van der Waals surface area contributed by atoms with E-state index in [4.69, 9.17) is 4.74 Å². The molecule has 1 aliphatic rings. The Morgan fingerprint density at radius 3 is 2.60 bits per heavy atom. The average molecular weight is 339 g/mol. The summed E-state index contributed by atoms with van der Waals surface area (Å²) in [5.74, 6) is -0.463. The standard InChI is InChI=1S/C19H21N3O3/c1-14-4-2-5-15(12-14)13-20-18(23)16-6-3-7-17(21-16)19(24)22-8-10-25-11-9-22/h2-7,12H,8-11,13H2,1H3,(H,20,23). The SMILES string of the molecule is Cc1cccc(CNC(=O)c2cccc(C(=O)N3CCOCC3)n2)c1. The Hall–Kier alpha value is -2.73. The number of nitrogens with zero attached hydrogens (tertiary/aromatic N) is 2. The average Bonchev–Trinajstić information content (AvgIpc) is 2.66. The number of morpholine rings is 1. The molecular formula is C19H21N3O3. The summed E-state index contributed by atoms with van der Waals surface area (Å²) >= 11 is 0. The van der Waals surface area contributed by atoms with Gasteiger partial charge in [-0.15, -0.1) is 0 Å². The Balaban J connectivity index is 1.65. The van der Waals surface area contributed by atoms with E-state index >= 15 is 0 Å². The van der Waals surface area contributed by atoms with Crippen LogP contribution in [0.25, 0.3) is 0 Å². The Kier molecular flexibility index (Phi) is 5.40. The lowest BCUT2D eigenvalue weighted by atomic mass is 10.1. The van der Waals surface area contributed by atoms with Gasteiger partial charge in [-0.2, -0.15) is 0 Å². The van der Waals surface area contributed by atoms with Crippen LogP contribution in [-0.4, -0.2) is 48.0 Å². The maximum atomic E-state index is 12.5. The van der Waals surface area contributed by atoms with E-state index in [1.807, 2.05) is 31.2 Å². The fourth-order valence-corrected chi connectivity index (χ4v) is 2.70. The number of benzene rings is 1. The van der Waals surface area contributed by atoms with Gasteiger partial charge in [0.25, 0.3) is 11.8 Å². The zero-order valence-corrected chi connectivity index (χ0v) is 14.2. The van der Waals surface area contributed by atoms with Gasteiger partial charge in [-0.1, -0.05) is 35.9 Å². The van der Waals surface area contributed by atoms with Gasteiger partial charge in [-0.05, 0) is 24.6 Å². The van der Waals surface area contributed by atoms with E-state index in [1.165, 1.54) is 0 Å². The molecule has 1 saturated heterocycles. The molecule has 2 aromatic rings. The summed E-state index contributed by atoms with van der Waals surface area (Å²) < 4.78 is 5.25. The number of ether oxygens (including phenoxy) is 1. The van der Waals surface area contributed by atoms with Crippen LogP contribution < -0.4 is 5.32 Å². The molecule has 130 valence electrons. The fraction of sp³-hybridized carbons (Fsp3) is 0.316. The second-order valence-electron chi connectivity index (χ2n) is 5.98. The Morgan fingerprint density at radius 2 is 1.84 bits per heavy atom. The molecule has 0 spiro atoms. The number of carbonyl (C=O) groups excluding carboxylic acids is 2. The Labute approximate surface area is 146 Å². The predicted molar refractivity (Wildman–Crippen MR) is 93.3 cm³/mol. The maximum absolute atomic E-state index is 12.5. The van der Waals surface area contributed by atoms with E-state index < -0.39 is 0 Å². The highest BCUT2D eigenvalue weighted by molar-refractivity contribution is 5.96. The number of carbonyl (C=O) groups is 2. The lowest BCUT2D eigenvalue weighted by Crippen LogP contribution is -2.41. The van der Waals surface area contributed by atoms with Crippen LogP contribution in [0.2, 0.25) is 0 Å². The van der Waals surface area contributed by atoms with E-state index in [2.05, 4.69) is 10.3 Å². The minimum absolute atomic E-state index is 0.170. The van der Waals surface area contributed by atoms with E-state index in [-0.39, 0.29) is 23.2 Å². The summed E-state index contributed by atoms with van der Waals surface area (Å²) in [6.07, 6.45) is 0. The summed E-state index contributed by atoms with van der Waals surface area (Å²) in [6, 6.07) is 12.9. The smallest absolute Gasteiger partial charge is 0.272 e. The van der Waals surface area contributed by atoms with Crippen molar-refractivity contribution in [3.8, 4) is 0 Å². The highest BCUT2D eigenvalue weighted by atomic mass is 16.5. The van der Waals surface area contributed by atoms with Crippen LogP contribution in [0.3, 0.4) is 0 Å². The first-order valence-corrected chi connectivity index (χ1v) is 8.31. The van der Waals surface area contributed by atoms with Crippen LogP contribution in [0.5, 0.6) is 0 Å². The molecule has 2 amide bonds. The molecule has 1 aliphatic heterocycles. The first kappa shape index (κ1) is 17.1. The van der Waals surface area contributed by atoms with Crippen LogP contribution in [0.15, 0.2) is 42.5 Å². The molecule has 1 fully saturated rings. The van der Waals surface area contributed by atoms with Gasteiger partial charge in [0.15, 0.2) is 0 Å². The molecule has 0 saturated carbocycles. The molecular weight excluding hydrogens is 318 g/mol. The first-order valence-electron chi connectivity index (χ1n) is 8.31. The number of rotatable bonds is 4. The van der Waals surface area contributed by atoms with E-state index in [1.54, 1.807) is 23.1 Å². The summed E-state index contributed by atoms with van der Waals surface area (Å²) in [7, 11) is 0. The van der Waals surface area contributed by atoms with Gasteiger partial charge < -0.3 is 15.0 Å². The Morgan fingerprint density at radius 1 is 1.12 bits per heavy atom. The van der Waals surface area contributed by atoms with Gasteiger partial charge in [0.2, 0.25) is 0 Å². The first-order chi connectivity index (χ1) is 12.1. The van der Waals surface area contributed by atoms with Crippen molar-refractivity contribution in [2.45, 2.75) is 13.5 Å². The van der Waals surface area contributed by atoms with Crippen molar-refractivity contribution < 1.29 is 14.3 Å². The molecule has 0 aliphatic carbocycles. The van der Waals surface area contributed by atoms with Gasteiger partial charge >= 0.3 is 0 Å². The third-order valence-electron chi connectivity index (χ3n) is 4.03. The van der Waals surface area contributed by atoms with Crippen molar-refractivity contribution in [2.75, 3.05) is 26.3 Å². The maximum Gasteiger partial charge on any atom is 0.272 e. The third-order valence-corrected chi connectivity index (χ3v) is 4.03. The van der Waals surface area contributed by atoms with Crippen molar-refractivity contribution in [3.63, 3.8) is 0 Å². The summed E-state index contributed by atoms with van der Waals surface area (Å²) in [6.45, 7) is 4.58. The van der Waals surface area contributed by atoms with Crippen LogP contribution in [0.4, 0.5) is 0 Å². The summed E-state index contributed by atoms with van der Waals surface area (Å²) in [5, 5.41) is 2.84. The topological polar surface area (TPSA) is 71.5 Å². The van der Waals surface area contributed by atoms with E-state index in [0.29, 0.717) is 32.8 Å². The number of hydrogen-bond acceptors (Lipinski definition) is 4. The number of aryl methyl sites for hydroxylation is 1. The molecule has 0 radical (unpaired) electrons. The van der Waals surface area contributed by atoms with Crippen molar-refractivity contribution in [2.24, 2.45) is 0 Å². The van der Waals surface area contributed by atoms with E-state index in [9.17, 15) is 9.59 Å². The normalized spacial score (nSPS) is 14.2. The zero-order valence-electron chi connectivity index (χ0n) is 14.2. The Bertz CT molecular complexity index is 770. The quantitative estimate of drug-likeness (QED) is 0.922. The number of amides is 2. The lowest BCUT2D eigenvalue weighted by Gasteiger charge is -2.26. The number of aromatic nitrogens is 1. The summed E-state index contributed by atoms with van der Waals surface area (Å²) in [5.41, 5.74) is 2.69. The van der Waals surface area contributed by atoms with Crippen molar-refractivity contribution in [3.05, 3.63) is 65.0 Å². The largest absolute Gasteiger partial charge is 0.378 e. The minimum Gasteiger partial charge on any atom is -0.378 e. The van der Waals surface area contributed by atoms with Crippen LogP contribution in [-0.2, 0) is 11.3 Å². The number of nitrogens with one attached hydrogen (secondary N) is 1. The van der Waals surface area contributed by atoms with Crippen molar-refractivity contribution >= 4 is 11.8 Å². The molecule has 3 rings (SSSR count). The summed E-state index contributed by atoms with van der Waals surface area (Å²) in [4.78, 5) is 30.7. The van der Waals surface area contributed by atoms with Crippen LogP contribution in [0, 0.1) is 6.92 Å². The molecule has 1 aromatic carbocycles.